The van der Waals surface area contributed by atoms with E-state index in [1.165, 1.54) is 10.9 Å². The fraction of sp³-hybridized carbons (Fsp3) is 0.500. The number of fused-ring (bicyclic) bond motifs is 1. The Bertz CT molecular complexity index is 623. The van der Waals surface area contributed by atoms with Crippen molar-refractivity contribution in [3.8, 4) is 0 Å². The second-order valence-electron chi connectivity index (χ2n) is 5.71. The Labute approximate surface area is 133 Å². The smallest absolute Gasteiger partial charge is 0.163 e. The molecule has 114 valence electrons. The van der Waals surface area contributed by atoms with Crippen molar-refractivity contribution in [3.63, 3.8) is 0 Å². The summed E-state index contributed by atoms with van der Waals surface area (Å²) in [4.78, 5) is 0. The first-order valence-corrected chi connectivity index (χ1v) is 7.97. The van der Waals surface area contributed by atoms with Gasteiger partial charge in [-0.15, -0.1) is 0 Å². The Balaban J connectivity index is 1.50. The molecule has 1 aliphatic rings. The third-order valence-electron chi connectivity index (χ3n) is 3.61. The molecule has 0 spiro atoms. The number of rotatable bonds is 5. The number of hydrogen-bond acceptors (Lipinski definition) is 3. The van der Waals surface area contributed by atoms with E-state index in [4.69, 9.17) is 14.2 Å². The molecule has 0 aliphatic carbocycles. The molecule has 2 aromatic rings. The van der Waals surface area contributed by atoms with E-state index >= 15 is 0 Å². The Kier molecular flexibility index (Phi) is 4.36. The van der Waals surface area contributed by atoms with E-state index in [9.17, 15) is 0 Å². The van der Waals surface area contributed by atoms with Crippen LogP contribution in [0.5, 0.6) is 0 Å². The average molecular weight is 354 g/mol. The molecule has 2 heterocycles. The van der Waals surface area contributed by atoms with Gasteiger partial charge in [-0.2, -0.15) is 0 Å². The lowest BCUT2D eigenvalue weighted by Crippen LogP contribution is -2.24. The number of hydrogen-bond donors (Lipinski definition) is 0. The molecule has 4 nitrogen and oxygen atoms in total. The highest BCUT2D eigenvalue weighted by atomic mass is 79.9. The first-order chi connectivity index (χ1) is 10.1. The zero-order chi connectivity index (χ0) is 14.9. The minimum absolute atomic E-state index is 0.0375. The second kappa shape index (κ2) is 6.08. The van der Waals surface area contributed by atoms with Gasteiger partial charge in [-0.3, -0.25) is 0 Å². The molecule has 21 heavy (non-hydrogen) atoms. The first-order valence-electron chi connectivity index (χ1n) is 7.18. The molecule has 0 bridgehead atoms. The van der Waals surface area contributed by atoms with Gasteiger partial charge in [-0.05, 0) is 32.0 Å². The van der Waals surface area contributed by atoms with E-state index in [2.05, 4.69) is 51.0 Å². The molecule has 1 fully saturated rings. The maximum Gasteiger partial charge on any atom is 0.163 e. The Morgan fingerprint density at radius 2 is 2.24 bits per heavy atom. The average Bonchev–Trinajstić information content (AvgIpc) is 2.99. The lowest BCUT2D eigenvalue weighted by molar-refractivity contribution is -0.145. The third kappa shape index (κ3) is 3.48. The summed E-state index contributed by atoms with van der Waals surface area (Å²) in [6.45, 7) is 6.53. The molecule has 0 N–H and O–H groups in total. The van der Waals surface area contributed by atoms with Gasteiger partial charge in [-0.1, -0.05) is 22.0 Å². The first kappa shape index (κ1) is 15.0. The summed E-state index contributed by atoms with van der Waals surface area (Å²) in [6.07, 6.45) is 2.13. The highest BCUT2D eigenvalue weighted by molar-refractivity contribution is 9.10. The van der Waals surface area contributed by atoms with Crippen LogP contribution in [-0.4, -0.2) is 36.3 Å². The van der Waals surface area contributed by atoms with Gasteiger partial charge in [0.1, 0.15) is 6.10 Å². The van der Waals surface area contributed by atoms with Crippen LogP contribution in [0.15, 0.2) is 34.9 Å². The molecule has 1 unspecified atom stereocenters. The van der Waals surface area contributed by atoms with Crippen LogP contribution in [0.1, 0.15) is 13.8 Å². The number of ether oxygens (including phenoxy) is 3. The molecule has 1 aromatic heterocycles. The minimum atomic E-state index is -0.475. The summed E-state index contributed by atoms with van der Waals surface area (Å²) in [6, 6.07) is 8.35. The van der Waals surface area contributed by atoms with Crippen LogP contribution < -0.4 is 0 Å². The molecular formula is C16H20BrNO3. The van der Waals surface area contributed by atoms with E-state index < -0.39 is 5.79 Å². The summed E-state index contributed by atoms with van der Waals surface area (Å²) >= 11 is 3.57. The monoisotopic (exact) mass is 353 g/mol. The van der Waals surface area contributed by atoms with E-state index in [0.717, 1.165) is 11.0 Å². The largest absolute Gasteiger partial charge is 0.377 e. The van der Waals surface area contributed by atoms with Crippen molar-refractivity contribution in [1.29, 1.82) is 0 Å². The van der Waals surface area contributed by atoms with Gasteiger partial charge in [0.25, 0.3) is 0 Å². The Morgan fingerprint density at radius 1 is 1.38 bits per heavy atom. The standard InChI is InChI=1S/C16H20BrNO3/c1-16(2)20-11-12(21-16)10-19-9-8-18-7-6-13-14(17)4-3-5-15(13)18/h3-7,12H,8-11H2,1-2H3. The topological polar surface area (TPSA) is 32.6 Å². The quantitative estimate of drug-likeness (QED) is 0.770. The van der Waals surface area contributed by atoms with Crippen LogP contribution in [-0.2, 0) is 20.8 Å². The van der Waals surface area contributed by atoms with Gasteiger partial charge >= 0.3 is 0 Å². The lowest BCUT2D eigenvalue weighted by Gasteiger charge is -2.17. The van der Waals surface area contributed by atoms with Crippen LogP contribution in [0.2, 0.25) is 0 Å². The van der Waals surface area contributed by atoms with Crippen LogP contribution >= 0.6 is 15.9 Å². The van der Waals surface area contributed by atoms with Crippen LogP contribution in [0.25, 0.3) is 10.9 Å². The third-order valence-corrected chi connectivity index (χ3v) is 4.30. The maximum absolute atomic E-state index is 5.73. The summed E-state index contributed by atoms with van der Waals surface area (Å²) in [5, 5.41) is 1.23. The molecule has 3 rings (SSSR count). The molecule has 1 aromatic carbocycles. The fourth-order valence-corrected chi connectivity index (χ4v) is 3.09. The van der Waals surface area contributed by atoms with Crippen LogP contribution in [0.4, 0.5) is 0 Å². The number of benzene rings is 1. The van der Waals surface area contributed by atoms with Crippen molar-refractivity contribution in [1.82, 2.24) is 4.57 Å². The molecule has 1 atom stereocenters. The SMILES string of the molecule is CC1(C)OCC(COCCn2ccc3c(Br)cccc32)O1. The Morgan fingerprint density at radius 3 is 3.00 bits per heavy atom. The van der Waals surface area contributed by atoms with Crippen molar-refractivity contribution in [2.75, 3.05) is 19.8 Å². The van der Waals surface area contributed by atoms with Gasteiger partial charge in [0.05, 0.1) is 19.8 Å². The summed E-state index contributed by atoms with van der Waals surface area (Å²) < 4.78 is 20.3. The zero-order valence-corrected chi connectivity index (χ0v) is 13.9. The van der Waals surface area contributed by atoms with E-state index in [0.29, 0.717) is 19.8 Å². The number of halogens is 1. The van der Waals surface area contributed by atoms with Gasteiger partial charge in [0.2, 0.25) is 0 Å². The highest BCUT2D eigenvalue weighted by Gasteiger charge is 2.32. The second-order valence-corrected chi connectivity index (χ2v) is 6.56. The molecule has 0 amide bonds. The predicted octanol–water partition coefficient (Wildman–Crippen LogP) is 3.57. The maximum atomic E-state index is 5.73. The Hall–Kier alpha value is -0.880. The molecule has 1 saturated heterocycles. The number of aromatic nitrogens is 1. The summed E-state index contributed by atoms with van der Waals surface area (Å²) in [5.41, 5.74) is 1.22. The van der Waals surface area contributed by atoms with Crippen molar-refractivity contribution < 1.29 is 14.2 Å². The molecule has 0 saturated carbocycles. The van der Waals surface area contributed by atoms with Gasteiger partial charge in [0, 0.05) is 28.1 Å². The molecule has 5 heteroatoms. The van der Waals surface area contributed by atoms with Crippen molar-refractivity contribution >= 4 is 26.8 Å². The lowest BCUT2D eigenvalue weighted by atomic mass is 10.2. The normalized spacial score (nSPS) is 21.2. The summed E-state index contributed by atoms with van der Waals surface area (Å²) in [7, 11) is 0. The predicted molar refractivity (Wildman–Crippen MR) is 85.4 cm³/mol. The van der Waals surface area contributed by atoms with Crippen LogP contribution in [0.3, 0.4) is 0 Å². The van der Waals surface area contributed by atoms with Crippen molar-refractivity contribution in [2.24, 2.45) is 0 Å². The molecule has 1 aliphatic heterocycles. The zero-order valence-electron chi connectivity index (χ0n) is 12.3. The molecule has 0 radical (unpaired) electrons. The molecular weight excluding hydrogens is 334 g/mol. The van der Waals surface area contributed by atoms with E-state index in [1.54, 1.807) is 0 Å². The highest BCUT2D eigenvalue weighted by Crippen LogP contribution is 2.25. The van der Waals surface area contributed by atoms with Crippen LogP contribution in [0, 0.1) is 0 Å². The van der Waals surface area contributed by atoms with Crippen molar-refractivity contribution in [3.05, 3.63) is 34.9 Å². The van der Waals surface area contributed by atoms with Gasteiger partial charge in [-0.25, -0.2) is 0 Å². The van der Waals surface area contributed by atoms with Gasteiger partial charge in [0.15, 0.2) is 5.79 Å². The summed E-state index contributed by atoms with van der Waals surface area (Å²) in [5.74, 6) is -0.475. The minimum Gasteiger partial charge on any atom is -0.377 e. The van der Waals surface area contributed by atoms with E-state index in [1.807, 2.05) is 13.8 Å². The fourth-order valence-electron chi connectivity index (χ4n) is 2.60. The van der Waals surface area contributed by atoms with E-state index in [-0.39, 0.29) is 6.10 Å². The van der Waals surface area contributed by atoms with Gasteiger partial charge < -0.3 is 18.8 Å². The number of nitrogens with zero attached hydrogens (tertiary/aromatic N) is 1. The van der Waals surface area contributed by atoms with Crippen molar-refractivity contribution in [2.45, 2.75) is 32.3 Å².